The van der Waals surface area contributed by atoms with Gasteiger partial charge in [-0.05, 0) is 13.8 Å². The molecule has 3 N–H and O–H groups in total. The van der Waals surface area contributed by atoms with E-state index in [1.807, 2.05) is 13.8 Å². The summed E-state index contributed by atoms with van der Waals surface area (Å²) in [5.74, 6) is -0.0985. The van der Waals surface area contributed by atoms with Gasteiger partial charge in [-0.3, -0.25) is 9.59 Å². The molecule has 0 aliphatic carbocycles. The monoisotopic (exact) mass is 245 g/mol. The topological polar surface area (TPSA) is 79.5 Å². The SMILES string of the molecule is CCNC(=O)CCNCC(=O)NC(C)COC. The summed E-state index contributed by atoms with van der Waals surface area (Å²) in [5, 5.41) is 8.36. The molecule has 0 saturated carbocycles. The van der Waals surface area contributed by atoms with E-state index in [1.54, 1.807) is 7.11 Å². The molecule has 0 fully saturated rings. The number of methoxy groups -OCH3 is 1. The average molecular weight is 245 g/mol. The molecule has 0 aliphatic heterocycles. The summed E-state index contributed by atoms with van der Waals surface area (Å²) in [5.41, 5.74) is 0. The van der Waals surface area contributed by atoms with Gasteiger partial charge >= 0.3 is 0 Å². The lowest BCUT2D eigenvalue weighted by atomic mass is 10.3. The molecule has 1 atom stereocenters. The van der Waals surface area contributed by atoms with Crippen LogP contribution in [-0.2, 0) is 14.3 Å². The zero-order valence-electron chi connectivity index (χ0n) is 10.8. The molecule has 0 spiro atoms. The van der Waals surface area contributed by atoms with Crippen LogP contribution in [0.1, 0.15) is 20.3 Å². The lowest BCUT2D eigenvalue weighted by Gasteiger charge is -2.12. The molecule has 0 heterocycles. The Morgan fingerprint density at radius 3 is 2.59 bits per heavy atom. The Labute approximate surface area is 102 Å². The van der Waals surface area contributed by atoms with E-state index in [0.29, 0.717) is 26.1 Å². The summed E-state index contributed by atoms with van der Waals surface area (Å²) in [4.78, 5) is 22.5. The van der Waals surface area contributed by atoms with Crippen molar-refractivity contribution in [3.05, 3.63) is 0 Å². The molecule has 17 heavy (non-hydrogen) atoms. The van der Waals surface area contributed by atoms with Crippen LogP contribution in [0.5, 0.6) is 0 Å². The molecule has 0 radical (unpaired) electrons. The lowest BCUT2D eigenvalue weighted by Crippen LogP contribution is -2.41. The first kappa shape index (κ1) is 15.9. The second-order valence-electron chi connectivity index (χ2n) is 3.80. The molecule has 0 aromatic heterocycles. The largest absolute Gasteiger partial charge is 0.383 e. The third-order valence-corrected chi connectivity index (χ3v) is 2.01. The van der Waals surface area contributed by atoms with Gasteiger partial charge in [0.05, 0.1) is 13.2 Å². The van der Waals surface area contributed by atoms with E-state index in [2.05, 4.69) is 16.0 Å². The molecule has 2 amide bonds. The summed E-state index contributed by atoms with van der Waals surface area (Å²) in [6.07, 6.45) is 0.384. The highest BCUT2D eigenvalue weighted by Gasteiger charge is 2.06. The molecule has 0 rings (SSSR count). The van der Waals surface area contributed by atoms with Crippen molar-refractivity contribution in [3.8, 4) is 0 Å². The molecular formula is C11H23N3O3. The standard InChI is InChI=1S/C11H23N3O3/c1-4-13-10(15)5-6-12-7-11(16)14-9(2)8-17-3/h9,12H,4-8H2,1-3H3,(H,13,15)(H,14,16). The van der Waals surface area contributed by atoms with E-state index >= 15 is 0 Å². The highest BCUT2D eigenvalue weighted by Crippen LogP contribution is 1.82. The second-order valence-corrected chi connectivity index (χ2v) is 3.80. The average Bonchev–Trinajstić information content (AvgIpc) is 2.25. The lowest BCUT2D eigenvalue weighted by molar-refractivity contribution is -0.122. The van der Waals surface area contributed by atoms with Crippen LogP contribution in [-0.4, -0.2) is 51.2 Å². The number of carbonyl (C=O) groups is 2. The minimum atomic E-state index is -0.0922. The maximum atomic E-state index is 11.4. The summed E-state index contributed by atoms with van der Waals surface area (Å²) >= 11 is 0. The number of hydrogen-bond acceptors (Lipinski definition) is 4. The van der Waals surface area contributed by atoms with E-state index in [9.17, 15) is 9.59 Å². The van der Waals surface area contributed by atoms with Crippen molar-refractivity contribution in [2.75, 3.05) is 33.4 Å². The highest BCUT2D eigenvalue weighted by atomic mass is 16.5. The molecular weight excluding hydrogens is 222 g/mol. The van der Waals surface area contributed by atoms with Gasteiger partial charge in [0.25, 0.3) is 0 Å². The van der Waals surface area contributed by atoms with Crippen molar-refractivity contribution >= 4 is 11.8 Å². The van der Waals surface area contributed by atoms with E-state index in [-0.39, 0.29) is 24.4 Å². The van der Waals surface area contributed by atoms with Gasteiger partial charge in [0.1, 0.15) is 0 Å². The minimum Gasteiger partial charge on any atom is -0.383 e. The molecule has 0 bridgehead atoms. The first-order valence-corrected chi connectivity index (χ1v) is 5.85. The van der Waals surface area contributed by atoms with Gasteiger partial charge in [-0.25, -0.2) is 0 Å². The first-order valence-electron chi connectivity index (χ1n) is 5.85. The number of hydrogen-bond donors (Lipinski definition) is 3. The van der Waals surface area contributed by atoms with Gasteiger partial charge in [0.15, 0.2) is 0 Å². The molecule has 0 aromatic rings. The first-order chi connectivity index (χ1) is 8.10. The number of amides is 2. The summed E-state index contributed by atoms with van der Waals surface area (Å²) < 4.78 is 4.90. The van der Waals surface area contributed by atoms with E-state index < -0.39 is 0 Å². The molecule has 0 saturated heterocycles. The van der Waals surface area contributed by atoms with Crippen LogP contribution in [0.2, 0.25) is 0 Å². The summed E-state index contributed by atoms with van der Waals surface area (Å²) in [6, 6.07) is -0.00214. The van der Waals surface area contributed by atoms with Gasteiger partial charge in [-0.15, -0.1) is 0 Å². The Bertz CT molecular complexity index is 234. The van der Waals surface area contributed by atoms with Gasteiger partial charge in [0, 0.05) is 32.7 Å². The fourth-order valence-corrected chi connectivity index (χ4v) is 1.31. The van der Waals surface area contributed by atoms with Crippen LogP contribution in [0.15, 0.2) is 0 Å². The van der Waals surface area contributed by atoms with Crippen LogP contribution in [0.3, 0.4) is 0 Å². The quantitative estimate of drug-likeness (QED) is 0.467. The Balaban J connectivity index is 3.48. The minimum absolute atomic E-state index is 0.00214. The van der Waals surface area contributed by atoms with Crippen molar-refractivity contribution in [1.82, 2.24) is 16.0 Å². The van der Waals surface area contributed by atoms with Crippen LogP contribution in [0.4, 0.5) is 0 Å². The molecule has 0 aromatic carbocycles. The summed E-state index contributed by atoms with van der Waals surface area (Å²) in [7, 11) is 1.59. The smallest absolute Gasteiger partial charge is 0.234 e. The van der Waals surface area contributed by atoms with Crippen LogP contribution in [0, 0.1) is 0 Å². The molecule has 6 nitrogen and oxygen atoms in total. The normalized spacial score (nSPS) is 11.9. The Morgan fingerprint density at radius 2 is 2.00 bits per heavy atom. The molecule has 100 valence electrons. The fraction of sp³-hybridized carbons (Fsp3) is 0.818. The fourth-order valence-electron chi connectivity index (χ4n) is 1.31. The van der Waals surface area contributed by atoms with E-state index in [1.165, 1.54) is 0 Å². The number of nitrogens with one attached hydrogen (secondary N) is 3. The van der Waals surface area contributed by atoms with Gasteiger partial charge in [0.2, 0.25) is 11.8 Å². The zero-order valence-corrected chi connectivity index (χ0v) is 10.8. The predicted molar refractivity (Wildman–Crippen MR) is 65.7 cm³/mol. The maximum absolute atomic E-state index is 11.4. The van der Waals surface area contributed by atoms with Crippen molar-refractivity contribution in [3.63, 3.8) is 0 Å². The van der Waals surface area contributed by atoms with Crippen molar-refractivity contribution in [2.45, 2.75) is 26.3 Å². The van der Waals surface area contributed by atoms with Crippen molar-refractivity contribution < 1.29 is 14.3 Å². The predicted octanol–water partition coefficient (Wildman–Crippen LogP) is -0.747. The Kier molecular flexibility index (Phi) is 9.37. The number of ether oxygens (including phenoxy) is 1. The Morgan fingerprint density at radius 1 is 1.29 bits per heavy atom. The zero-order chi connectivity index (χ0) is 13.1. The van der Waals surface area contributed by atoms with Crippen LogP contribution < -0.4 is 16.0 Å². The Hall–Kier alpha value is -1.14. The number of rotatable bonds is 9. The van der Waals surface area contributed by atoms with Crippen LogP contribution in [0.25, 0.3) is 0 Å². The summed E-state index contributed by atoms with van der Waals surface area (Å²) in [6.45, 7) is 5.58. The van der Waals surface area contributed by atoms with E-state index in [4.69, 9.17) is 4.74 Å². The third-order valence-electron chi connectivity index (χ3n) is 2.01. The molecule has 0 aliphatic rings. The van der Waals surface area contributed by atoms with Crippen molar-refractivity contribution in [1.29, 1.82) is 0 Å². The third kappa shape index (κ3) is 9.77. The molecule has 6 heteroatoms. The molecule has 1 unspecified atom stereocenters. The van der Waals surface area contributed by atoms with Crippen molar-refractivity contribution in [2.24, 2.45) is 0 Å². The van der Waals surface area contributed by atoms with Crippen LogP contribution >= 0.6 is 0 Å². The van der Waals surface area contributed by atoms with Gasteiger partial charge in [-0.2, -0.15) is 0 Å². The number of carbonyl (C=O) groups excluding carboxylic acids is 2. The van der Waals surface area contributed by atoms with Gasteiger partial charge < -0.3 is 20.7 Å². The van der Waals surface area contributed by atoms with E-state index in [0.717, 1.165) is 0 Å². The van der Waals surface area contributed by atoms with Gasteiger partial charge in [-0.1, -0.05) is 0 Å². The second kappa shape index (κ2) is 10.0. The highest BCUT2D eigenvalue weighted by molar-refractivity contribution is 5.78. The maximum Gasteiger partial charge on any atom is 0.234 e.